The molecule has 0 N–H and O–H groups in total. The number of hydrogen-bond acceptors (Lipinski definition) is 10. The highest BCUT2D eigenvalue weighted by molar-refractivity contribution is 7.87. The fourth-order valence-electron chi connectivity index (χ4n) is 5.46. The molecule has 0 bridgehead atoms. The maximum atomic E-state index is 13.5. The monoisotopic (exact) mass is 694 g/mol. The summed E-state index contributed by atoms with van der Waals surface area (Å²) in [4.78, 5) is -0.193. The third-order valence-corrected chi connectivity index (χ3v) is 20.5. The molecule has 248 valence electrons. The fraction of sp³-hybridized carbons (Fsp3) is 0.769. The first-order valence-corrected chi connectivity index (χ1v) is 20.8. The van der Waals surface area contributed by atoms with Crippen LogP contribution in [0.15, 0.2) is 29.2 Å². The largest absolute Gasteiger partial charge is 0.523 e. The van der Waals surface area contributed by atoms with Gasteiger partial charge in [-0.2, -0.15) is 30.0 Å². The molecule has 2 aliphatic heterocycles. The Labute approximate surface area is 256 Å². The number of rotatable bonds is 10. The number of alkyl halides is 3. The van der Waals surface area contributed by atoms with E-state index in [9.17, 15) is 30.0 Å². The molecule has 1 aromatic carbocycles. The number of aryl methyl sites for hydroxylation is 1. The van der Waals surface area contributed by atoms with E-state index in [4.69, 9.17) is 23.3 Å². The lowest BCUT2D eigenvalue weighted by molar-refractivity contribution is -0.124. The van der Waals surface area contributed by atoms with Gasteiger partial charge in [0.1, 0.15) is 24.4 Å². The molecule has 3 rings (SSSR count). The van der Waals surface area contributed by atoms with E-state index in [-0.39, 0.29) is 27.1 Å². The summed E-state index contributed by atoms with van der Waals surface area (Å²) in [6.45, 7) is 13.3. The van der Waals surface area contributed by atoms with Crippen LogP contribution in [-0.4, -0.2) is 77.1 Å². The SMILES string of the molecule is [3H][C@@H]1O[C@]2(COS(=O)(=O)c3ccc(C)cc3)CO[Si](C(C)C)(C(C)C)O[Si](C(C)C)(C(C)C)OC2[C@@H]1OS(=O)(=O)C(F)(F)F. The second-order valence-electron chi connectivity index (χ2n) is 12.3. The van der Waals surface area contributed by atoms with Gasteiger partial charge in [0.25, 0.3) is 10.1 Å². The van der Waals surface area contributed by atoms with Crippen LogP contribution < -0.4 is 0 Å². The Bertz CT molecular complexity index is 1360. The molecule has 2 fully saturated rings. The van der Waals surface area contributed by atoms with Crippen molar-refractivity contribution in [2.24, 2.45) is 0 Å². The topological polar surface area (TPSA) is 124 Å². The van der Waals surface area contributed by atoms with Crippen LogP contribution in [-0.2, 0) is 46.3 Å². The molecule has 10 nitrogen and oxygen atoms in total. The molecule has 0 saturated carbocycles. The summed E-state index contributed by atoms with van der Waals surface area (Å²) < 4.78 is 136. The van der Waals surface area contributed by atoms with Gasteiger partial charge in [-0.3, -0.25) is 8.37 Å². The first-order valence-electron chi connectivity index (χ1n) is 14.6. The highest BCUT2D eigenvalue weighted by atomic mass is 32.2. The van der Waals surface area contributed by atoms with Crippen LogP contribution >= 0.6 is 0 Å². The average molecular weight is 695 g/mol. The predicted molar refractivity (Wildman–Crippen MR) is 157 cm³/mol. The number of halogens is 3. The maximum Gasteiger partial charge on any atom is 0.523 e. The predicted octanol–water partition coefficient (Wildman–Crippen LogP) is 5.66. The van der Waals surface area contributed by atoms with E-state index in [1.54, 1.807) is 19.1 Å². The van der Waals surface area contributed by atoms with Crippen LogP contribution in [0.4, 0.5) is 13.2 Å². The van der Waals surface area contributed by atoms with Gasteiger partial charge in [-0.15, -0.1) is 0 Å². The summed E-state index contributed by atoms with van der Waals surface area (Å²) >= 11 is 0. The molecule has 2 heterocycles. The van der Waals surface area contributed by atoms with Crippen LogP contribution in [0, 0.1) is 6.92 Å². The average Bonchev–Trinajstić information content (AvgIpc) is 3.11. The van der Waals surface area contributed by atoms with E-state index in [0.717, 1.165) is 5.56 Å². The minimum absolute atomic E-state index is 0.174. The zero-order valence-electron chi connectivity index (χ0n) is 26.8. The van der Waals surface area contributed by atoms with E-state index in [0.29, 0.717) is 0 Å². The molecular weight excluding hydrogens is 650 g/mol. The van der Waals surface area contributed by atoms with Crippen LogP contribution in [0.2, 0.25) is 22.2 Å². The zero-order chi connectivity index (χ0) is 33.7. The highest BCUT2D eigenvalue weighted by Crippen LogP contribution is 2.50. The Hall–Kier alpha value is -0.896. The molecule has 0 aromatic heterocycles. The van der Waals surface area contributed by atoms with Crippen molar-refractivity contribution in [3.63, 3.8) is 0 Å². The Morgan fingerprint density at radius 2 is 1.47 bits per heavy atom. The summed E-state index contributed by atoms with van der Waals surface area (Å²) in [6.07, 6.45) is -3.91. The van der Waals surface area contributed by atoms with Crippen LogP contribution in [0.25, 0.3) is 0 Å². The Balaban J connectivity index is 2.24. The fourth-order valence-corrected chi connectivity index (χ4v) is 18.3. The Morgan fingerprint density at radius 3 is 1.93 bits per heavy atom. The van der Waals surface area contributed by atoms with Crippen LogP contribution in [0.3, 0.4) is 0 Å². The molecule has 0 spiro atoms. The first kappa shape index (κ1) is 35.0. The van der Waals surface area contributed by atoms with Crippen molar-refractivity contribution in [3.05, 3.63) is 29.8 Å². The van der Waals surface area contributed by atoms with Crippen molar-refractivity contribution in [1.82, 2.24) is 0 Å². The molecular formula is C26H43F3O10S2Si2. The first-order chi connectivity index (χ1) is 20.0. The minimum atomic E-state index is -6.23. The third-order valence-electron chi connectivity index (χ3n) is 7.93. The number of benzene rings is 1. The summed E-state index contributed by atoms with van der Waals surface area (Å²) in [5.41, 5.74) is -8.14. The van der Waals surface area contributed by atoms with Crippen molar-refractivity contribution in [3.8, 4) is 0 Å². The lowest BCUT2D eigenvalue weighted by atomic mass is 9.98. The highest BCUT2D eigenvalue weighted by Gasteiger charge is 2.66. The molecule has 4 atom stereocenters. The van der Waals surface area contributed by atoms with Crippen molar-refractivity contribution in [2.75, 3.05) is 19.8 Å². The van der Waals surface area contributed by atoms with E-state index in [1.807, 2.05) is 55.4 Å². The molecule has 17 heteroatoms. The Kier molecular flexibility index (Phi) is 10.3. The van der Waals surface area contributed by atoms with Gasteiger partial charge < -0.3 is 17.7 Å². The van der Waals surface area contributed by atoms with Gasteiger partial charge in [-0.05, 0) is 41.2 Å². The third kappa shape index (κ3) is 7.10. The molecule has 0 amide bonds. The van der Waals surface area contributed by atoms with Gasteiger partial charge in [0.05, 0.1) is 19.5 Å². The smallest absolute Gasteiger partial charge is 0.414 e. The van der Waals surface area contributed by atoms with Gasteiger partial charge in [0.15, 0.2) is 0 Å². The molecule has 2 aliphatic rings. The van der Waals surface area contributed by atoms with Crippen LogP contribution in [0.5, 0.6) is 0 Å². The van der Waals surface area contributed by atoms with Crippen molar-refractivity contribution in [2.45, 2.75) is 113 Å². The van der Waals surface area contributed by atoms with E-state index >= 15 is 0 Å². The molecule has 1 aromatic rings. The summed E-state index contributed by atoms with van der Waals surface area (Å²) in [5, 5.41) is 0. The van der Waals surface area contributed by atoms with E-state index in [2.05, 4.69) is 4.18 Å². The quantitative estimate of drug-likeness (QED) is 0.172. The molecule has 2 saturated heterocycles. The van der Waals surface area contributed by atoms with Gasteiger partial charge >= 0.3 is 32.7 Å². The molecule has 0 radical (unpaired) electrons. The Morgan fingerprint density at radius 1 is 0.953 bits per heavy atom. The van der Waals surface area contributed by atoms with E-state index in [1.165, 1.54) is 12.1 Å². The van der Waals surface area contributed by atoms with Gasteiger partial charge in [0.2, 0.25) is 0 Å². The zero-order valence-corrected chi connectivity index (χ0v) is 29.4. The molecule has 43 heavy (non-hydrogen) atoms. The van der Waals surface area contributed by atoms with Crippen molar-refractivity contribution >= 4 is 37.4 Å². The number of hydrogen-bond donors (Lipinski definition) is 0. The summed E-state index contributed by atoms with van der Waals surface area (Å²) in [6, 6.07) is 5.78. The summed E-state index contributed by atoms with van der Waals surface area (Å²) in [5.74, 6) is 0. The van der Waals surface area contributed by atoms with Crippen LogP contribution in [0.1, 0.15) is 62.3 Å². The van der Waals surface area contributed by atoms with Crippen molar-refractivity contribution < 1.29 is 57.4 Å². The summed E-state index contributed by atoms with van der Waals surface area (Å²) in [7, 11) is -17.6. The normalized spacial score (nSPS) is 28.7. The lowest BCUT2D eigenvalue weighted by Gasteiger charge is -2.53. The van der Waals surface area contributed by atoms with E-state index < -0.39 is 80.5 Å². The number of fused-ring (bicyclic) bond motifs is 1. The van der Waals surface area contributed by atoms with Gasteiger partial charge in [0, 0.05) is 0 Å². The maximum absolute atomic E-state index is 13.5. The minimum Gasteiger partial charge on any atom is -0.414 e. The molecule has 0 aliphatic carbocycles. The second kappa shape index (κ2) is 12.7. The van der Waals surface area contributed by atoms with Gasteiger partial charge in [-0.1, -0.05) is 73.1 Å². The van der Waals surface area contributed by atoms with Gasteiger partial charge in [-0.25, -0.2) is 0 Å². The molecule has 1 unspecified atom stereocenters. The lowest BCUT2D eigenvalue weighted by Crippen LogP contribution is -2.69. The standard InChI is InChI=1S/C26H43F3O10S2Si2/c1-17(2)42(18(3)4)36-16-25(15-35-40(30,31)22-12-10-21(9)11-13-22)24(38-43(39-42,19(5)6)20(7)8)23(14-34-25)37-41(32,33)26(27,28)29/h10-13,17-20,23-24H,14-16H2,1-9H3/t23-,24?,25-/m1/s1/i14T/t14-,23+,24?,25+/m0. The second-order valence-corrected chi connectivity index (χ2v) is 24.3. The van der Waals surface area contributed by atoms with Crippen molar-refractivity contribution in [1.29, 1.82) is 0 Å². The number of ether oxygens (including phenoxy) is 1.